The fourth-order valence-corrected chi connectivity index (χ4v) is 3.41. The van der Waals surface area contributed by atoms with Crippen LogP contribution in [0, 0.1) is 27.7 Å². The number of thiophene rings is 1. The van der Waals surface area contributed by atoms with E-state index in [9.17, 15) is 4.79 Å². The number of benzene rings is 1. The van der Waals surface area contributed by atoms with Crippen LogP contribution >= 0.6 is 11.3 Å². The third-order valence-electron chi connectivity index (χ3n) is 4.18. The number of hydrogen-bond donors (Lipinski definition) is 1. The van der Waals surface area contributed by atoms with Crippen molar-refractivity contribution >= 4 is 33.1 Å². The molecule has 0 bridgehead atoms. The molecule has 0 unspecified atom stereocenters. The molecule has 22 heavy (non-hydrogen) atoms. The summed E-state index contributed by atoms with van der Waals surface area (Å²) in [6.07, 6.45) is 0. The summed E-state index contributed by atoms with van der Waals surface area (Å²) in [5, 5.41) is 4.05. The maximum atomic E-state index is 12.5. The maximum absolute atomic E-state index is 12.5. The normalized spacial score (nSPS) is 10.9. The maximum Gasteiger partial charge on any atom is 0.266 e. The fourth-order valence-electron chi connectivity index (χ4n) is 2.45. The number of aryl methyl sites for hydroxylation is 1. The van der Waals surface area contributed by atoms with Gasteiger partial charge in [-0.05, 0) is 61.9 Å². The van der Waals surface area contributed by atoms with Crippen LogP contribution in [0.3, 0.4) is 0 Å². The van der Waals surface area contributed by atoms with E-state index in [1.807, 2.05) is 44.2 Å². The third kappa shape index (κ3) is 2.50. The van der Waals surface area contributed by atoms with Crippen LogP contribution in [0.1, 0.15) is 32.1 Å². The van der Waals surface area contributed by atoms with Gasteiger partial charge >= 0.3 is 0 Å². The zero-order chi connectivity index (χ0) is 15.9. The van der Waals surface area contributed by atoms with Crippen molar-refractivity contribution in [2.24, 2.45) is 0 Å². The average Bonchev–Trinajstić information content (AvgIpc) is 2.94. The highest BCUT2D eigenvalue weighted by Gasteiger charge is 2.14. The minimum Gasteiger partial charge on any atom is -0.306 e. The van der Waals surface area contributed by atoms with Gasteiger partial charge in [-0.1, -0.05) is 18.2 Å². The smallest absolute Gasteiger partial charge is 0.266 e. The molecule has 0 spiro atoms. The molecule has 0 aliphatic rings. The lowest BCUT2D eigenvalue weighted by Gasteiger charge is -2.13. The molecule has 1 N–H and O–H groups in total. The lowest BCUT2D eigenvalue weighted by molar-refractivity contribution is 0.103. The zero-order valence-electron chi connectivity index (χ0n) is 13.2. The highest BCUT2D eigenvalue weighted by Crippen LogP contribution is 2.27. The van der Waals surface area contributed by atoms with Crippen LogP contribution in [0.4, 0.5) is 5.82 Å². The summed E-state index contributed by atoms with van der Waals surface area (Å²) >= 11 is 1.50. The first kappa shape index (κ1) is 14.7. The van der Waals surface area contributed by atoms with E-state index in [1.54, 1.807) is 0 Å². The minimum absolute atomic E-state index is 0.0977. The predicted molar refractivity (Wildman–Crippen MR) is 93.0 cm³/mol. The number of hydrogen-bond acceptors (Lipinski definition) is 3. The Hall–Kier alpha value is -2.20. The zero-order valence-corrected chi connectivity index (χ0v) is 14.0. The third-order valence-corrected chi connectivity index (χ3v) is 5.30. The van der Waals surface area contributed by atoms with E-state index in [1.165, 1.54) is 22.5 Å². The second kappa shape index (κ2) is 5.54. The van der Waals surface area contributed by atoms with Gasteiger partial charge < -0.3 is 5.32 Å². The standard InChI is InChI=1S/C18H18N2OS/c1-10-11(2)13(4)19-17(12(10)3)20-18(21)16-9-14-7-5-6-8-15(14)22-16/h5-9H,1-4H3,(H,19,20,21). The number of pyridine rings is 1. The Bertz CT molecular complexity index is 847. The van der Waals surface area contributed by atoms with E-state index in [4.69, 9.17) is 0 Å². The van der Waals surface area contributed by atoms with Crippen molar-refractivity contribution in [3.8, 4) is 0 Å². The molecule has 2 heterocycles. The van der Waals surface area contributed by atoms with Crippen LogP contribution < -0.4 is 5.32 Å². The van der Waals surface area contributed by atoms with Crippen molar-refractivity contribution < 1.29 is 4.79 Å². The summed E-state index contributed by atoms with van der Waals surface area (Å²) < 4.78 is 1.12. The minimum atomic E-state index is -0.0977. The van der Waals surface area contributed by atoms with Gasteiger partial charge in [-0.2, -0.15) is 0 Å². The number of anilines is 1. The molecular weight excluding hydrogens is 292 g/mol. The molecule has 0 fully saturated rings. The predicted octanol–water partition coefficient (Wildman–Crippen LogP) is 4.78. The number of nitrogens with one attached hydrogen (secondary N) is 1. The van der Waals surface area contributed by atoms with Gasteiger partial charge in [0, 0.05) is 10.4 Å². The van der Waals surface area contributed by atoms with Gasteiger partial charge in [0.2, 0.25) is 0 Å². The first-order valence-corrected chi connectivity index (χ1v) is 8.03. The number of carbonyl (C=O) groups is 1. The van der Waals surface area contributed by atoms with Crippen molar-refractivity contribution in [3.05, 3.63) is 57.6 Å². The second-order valence-electron chi connectivity index (χ2n) is 5.52. The van der Waals surface area contributed by atoms with Crippen LogP contribution in [0.5, 0.6) is 0 Å². The van der Waals surface area contributed by atoms with Crippen molar-refractivity contribution in [1.82, 2.24) is 4.98 Å². The summed E-state index contributed by atoms with van der Waals surface area (Å²) in [5.74, 6) is 0.558. The van der Waals surface area contributed by atoms with Gasteiger partial charge in [0.25, 0.3) is 5.91 Å². The van der Waals surface area contributed by atoms with Crippen molar-refractivity contribution in [3.63, 3.8) is 0 Å². The van der Waals surface area contributed by atoms with Gasteiger partial charge in [0.15, 0.2) is 0 Å². The van der Waals surface area contributed by atoms with E-state index >= 15 is 0 Å². The molecule has 0 saturated heterocycles. The Morgan fingerprint density at radius 2 is 1.77 bits per heavy atom. The molecule has 2 aromatic heterocycles. The highest BCUT2D eigenvalue weighted by molar-refractivity contribution is 7.20. The van der Waals surface area contributed by atoms with Crippen LogP contribution in [0.15, 0.2) is 30.3 Å². The summed E-state index contributed by atoms with van der Waals surface area (Å²) in [4.78, 5) is 17.7. The quantitative estimate of drug-likeness (QED) is 0.740. The Balaban J connectivity index is 1.94. The van der Waals surface area contributed by atoms with Gasteiger partial charge in [-0.3, -0.25) is 4.79 Å². The lowest BCUT2D eigenvalue weighted by atomic mass is 10.0. The molecule has 0 aliphatic carbocycles. The van der Waals surface area contributed by atoms with E-state index in [0.717, 1.165) is 21.3 Å². The largest absolute Gasteiger partial charge is 0.306 e. The van der Waals surface area contributed by atoms with Gasteiger partial charge in [0.1, 0.15) is 5.82 Å². The summed E-state index contributed by atoms with van der Waals surface area (Å²) in [6, 6.07) is 9.94. The highest BCUT2D eigenvalue weighted by atomic mass is 32.1. The summed E-state index contributed by atoms with van der Waals surface area (Å²) in [6.45, 7) is 8.09. The summed E-state index contributed by atoms with van der Waals surface area (Å²) in [7, 11) is 0. The molecule has 0 aliphatic heterocycles. The number of aromatic nitrogens is 1. The molecular formula is C18H18N2OS. The van der Waals surface area contributed by atoms with E-state index in [-0.39, 0.29) is 5.91 Å². The van der Waals surface area contributed by atoms with Crippen LogP contribution in [-0.4, -0.2) is 10.9 Å². The van der Waals surface area contributed by atoms with Gasteiger partial charge in [0.05, 0.1) is 4.88 Å². The molecule has 112 valence electrons. The molecule has 3 aromatic rings. The Morgan fingerprint density at radius 1 is 1.05 bits per heavy atom. The lowest BCUT2D eigenvalue weighted by Crippen LogP contribution is -2.14. The molecule has 0 radical (unpaired) electrons. The van der Waals surface area contributed by atoms with E-state index < -0.39 is 0 Å². The van der Waals surface area contributed by atoms with E-state index in [0.29, 0.717) is 10.7 Å². The number of nitrogens with zero attached hydrogens (tertiary/aromatic N) is 1. The molecule has 3 nitrogen and oxygen atoms in total. The number of amides is 1. The molecule has 3 rings (SSSR count). The Morgan fingerprint density at radius 3 is 2.50 bits per heavy atom. The van der Waals surface area contributed by atoms with Gasteiger partial charge in [-0.15, -0.1) is 11.3 Å². The number of carbonyl (C=O) groups excluding carboxylic acids is 1. The monoisotopic (exact) mass is 310 g/mol. The number of rotatable bonds is 2. The van der Waals surface area contributed by atoms with Crippen LogP contribution in [0.25, 0.3) is 10.1 Å². The van der Waals surface area contributed by atoms with Crippen molar-refractivity contribution in [2.45, 2.75) is 27.7 Å². The molecule has 1 aromatic carbocycles. The van der Waals surface area contributed by atoms with Crippen LogP contribution in [-0.2, 0) is 0 Å². The first-order valence-electron chi connectivity index (χ1n) is 7.21. The van der Waals surface area contributed by atoms with E-state index in [2.05, 4.69) is 24.1 Å². The molecule has 1 amide bonds. The summed E-state index contributed by atoms with van der Waals surface area (Å²) in [5.41, 5.74) is 4.34. The number of fused-ring (bicyclic) bond motifs is 1. The molecule has 0 saturated carbocycles. The van der Waals surface area contributed by atoms with Crippen LogP contribution in [0.2, 0.25) is 0 Å². The fraction of sp³-hybridized carbons (Fsp3) is 0.222. The molecule has 0 atom stereocenters. The SMILES string of the molecule is Cc1nc(NC(=O)c2cc3ccccc3s2)c(C)c(C)c1C. The average molecular weight is 310 g/mol. The Kier molecular flexibility index (Phi) is 3.71. The topological polar surface area (TPSA) is 42.0 Å². The molecule has 4 heteroatoms. The Labute approximate surface area is 134 Å². The second-order valence-corrected chi connectivity index (χ2v) is 6.61. The van der Waals surface area contributed by atoms with Gasteiger partial charge in [-0.25, -0.2) is 4.98 Å². The van der Waals surface area contributed by atoms with Crippen molar-refractivity contribution in [1.29, 1.82) is 0 Å². The van der Waals surface area contributed by atoms with Crippen molar-refractivity contribution in [2.75, 3.05) is 5.32 Å². The first-order chi connectivity index (χ1) is 10.5.